The van der Waals surface area contributed by atoms with Crippen LogP contribution in [-0.4, -0.2) is 28.0 Å². The molecule has 0 saturated heterocycles. The molecule has 0 saturated carbocycles. The fourth-order valence-electron chi connectivity index (χ4n) is 1.69. The van der Waals surface area contributed by atoms with E-state index in [2.05, 4.69) is 16.7 Å². The molecule has 1 aromatic heterocycles. The molecule has 20 heavy (non-hydrogen) atoms. The summed E-state index contributed by atoms with van der Waals surface area (Å²) >= 11 is 6.15. The molecule has 0 spiro atoms. The van der Waals surface area contributed by atoms with Crippen molar-refractivity contribution < 1.29 is 9.47 Å². The van der Waals surface area contributed by atoms with Crippen LogP contribution >= 0.6 is 11.6 Å². The van der Waals surface area contributed by atoms with Gasteiger partial charge in [-0.2, -0.15) is 4.98 Å². The Kier molecular flexibility index (Phi) is 4.63. The Bertz CT molecular complexity index is 610. The number of aryl methyl sites for hydroxylation is 1. The van der Waals surface area contributed by atoms with E-state index in [0.29, 0.717) is 23.2 Å². The smallest absolute Gasteiger partial charge is 0.336 e. The fourth-order valence-corrected chi connectivity index (χ4v) is 1.91. The highest BCUT2D eigenvalue weighted by Crippen LogP contribution is 2.26. The Morgan fingerprint density at radius 2 is 2.15 bits per heavy atom. The molecule has 1 heterocycles. The summed E-state index contributed by atoms with van der Waals surface area (Å²) in [6, 6.07) is 7.72. The van der Waals surface area contributed by atoms with Crippen LogP contribution in [0.3, 0.4) is 0 Å². The molecule has 0 radical (unpaired) electrons. The molecule has 1 aromatic carbocycles. The third-order valence-electron chi connectivity index (χ3n) is 2.57. The van der Waals surface area contributed by atoms with Crippen molar-refractivity contribution in [3.63, 3.8) is 0 Å². The molecule has 0 aliphatic heterocycles. The number of halogens is 1. The topological polar surface area (TPSA) is 49.2 Å². The van der Waals surface area contributed by atoms with Gasteiger partial charge in [0.25, 0.3) is 0 Å². The van der Waals surface area contributed by atoms with Crippen LogP contribution in [-0.2, 0) is 11.8 Å². The van der Waals surface area contributed by atoms with Crippen LogP contribution in [0.25, 0.3) is 11.4 Å². The van der Waals surface area contributed by atoms with E-state index in [4.69, 9.17) is 21.1 Å². The van der Waals surface area contributed by atoms with E-state index in [-0.39, 0.29) is 12.6 Å². The van der Waals surface area contributed by atoms with E-state index >= 15 is 0 Å². The predicted octanol–water partition coefficient (Wildman–Crippen LogP) is 3.06. The summed E-state index contributed by atoms with van der Waals surface area (Å²) in [7, 11) is 1.79. The quantitative estimate of drug-likeness (QED) is 0.768. The Morgan fingerprint density at radius 3 is 2.85 bits per heavy atom. The largest absolute Gasteiger partial charge is 0.495 e. The molecule has 0 bridgehead atoms. The zero-order chi connectivity index (χ0) is 14.5. The van der Waals surface area contributed by atoms with E-state index in [0.717, 1.165) is 5.56 Å². The van der Waals surface area contributed by atoms with Crippen molar-refractivity contribution in [2.24, 2.45) is 7.05 Å². The first-order valence-electron chi connectivity index (χ1n) is 6.21. The summed E-state index contributed by atoms with van der Waals surface area (Å²) < 4.78 is 12.3. The first-order valence-corrected chi connectivity index (χ1v) is 6.59. The fraction of sp³-hybridized carbons (Fsp3) is 0.286. The Morgan fingerprint density at radius 1 is 1.40 bits per heavy atom. The third-order valence-corrected chi connectivity index (χ3v) is 2.90. The highest BCUT2D eigenvalue weighted by atomic mass is 35.5. The SMILES string of the molecule is C=C(COc1nc(-c2ccccc2Cl)n(C)n1)OCC. The van der Waals surface area contributed by atoms with Gasteiger partial charge in [0.15, 0.2) is 5.82 Å². The minimum absolute atomic E-state index is 0.222. The van der Waals surface area contributed by atoms with Crippen molar-refractivity contribution in [2.75, 3.05) is 13.2 Å². The maximum atomic E-state index is 6.15. The second kappa shape index (κ2) is 6.43. The summed E-state index contributed by atoms with van der Waals surface area (Å²) in [6.07, 6.45) is 0. The summed E-state index contributed by atoms with van der Waals surface area (Å²) in [4.78, 5) is 4.32. The van der Waals surface area contributed by atoms with Crippen LogP contribution < -0.4 is 4.74 Å². The van der Waals surface area contributed by atoms with Crippen LogP contribution in [0.1, 0.15) is 6.92 Å². The van der Waals surface area contributed by atoms with Gasteiger partial charge in [0, 0.05) is 12.6 Å². The van der Waals surface area contributed by atoms with E-state index in [9.17, 15) is 0 Å². The minimum Gasteiger partial charge on any atom is -0.495 e. The molecule has 106 valence electrons. The number of nitrogens with zero attached hydrogens (tertiary/aromatic N) is 3. The Hall–Kier alpha value is -2.01. The van der Waals surface area contributed by atoms with Gasteiger partial charge in [0.05, 0.1) is 11.6 Å². The molecule has 5 nitrogen and oxygen atoms in total. The van der Waals surface area contributed by atoms with E-state index < -0.39 is 0 Å². The molecule has 0 N–H and O–H groups in total. The van der Waals surface area contributed by atoms with Gasteiger partial charge < -0.3 is 9.47 Å². The summed E-state index contributed by atoms with van der Waals surface area (Å²) in [5.41, 5.74) is 0.808. The lowest BCUT2D eigenvalue weighted by molar-refractivity contribution is 0.176. The summed E-state index contributed by atoms with van der Waals surface area (Å²) in [6.45, 7) is 6.40. The molecule has 6 heteroatoms. The second-order valence-corrected chi connectivity index (χ2v) is 4.49. The zero-order valence-corrected chi connectivity index (χ0v) is 12.2. The lowest BCUT2D eigenvalue weighted by atomic mass is 10.2. The highest BCUT2D eigenvalue weighted by Gasteiger charge is 2.13. The monoisotopic (exact) mass is 293 g/mol. The van der Waals surface area contributed by atoms with Crippen molar-refractivity contribution in [2.45, 2.75) is 6.92 Å². The minimum atomic E-state index is 0.222. The molecule has 0 amide bonds. The third kappa shape index (κ3) is 3.30. The number of aromatic nitrogens is 3. The zero-order valence-electron chi connectivity index (χ0n) is 11.5. The molecule has 0 aliphatic carbocycles. The first-order chi connectivity index (χ1) is 9.61. The van der Waals surface area contributed by atoms with E-state index in [1.165, 1.54) is 0 Å². The van der Waals surface area contributed by atoms with Crippen molar-refractivity contribution in [1.29, 1.82) is 0 Å². The molecule has 0 fully saturated rings. The number of ether oxygens (including phenoxy) is 2. The average molecular weight is 294 g/mol. The van der Waals surface area contributed by atoms with Crippen molar-refractivity contribution in [3.05, 3.63) is 41.6 Å². The van der Waals surface area contributed by atoms with Gasteiger partial charge >= 0.3 is 6.01 Å². The number of hydrogen-bond donors (Lipinski definition) is 0. The van der Waals surface area contributed by atoms with Gasteiger partial charge in [0.1, 0.15) is 12.4 Å². The van der Waals surface area contributed by atoms with Gasteiger partial charge in [-0.15, -0.1) is 5.10 Å². The molecule has 0 aliphatic rings. The Labute approximate surface area is 122 Å². The number of rotatable bonds is 6. The first kappa shape index (κ1) is 14.4. The van der Waals surface area contributed by atoms with Crippen LogP contribution in [0.4, 0.5) is 0 Å². The lowest BCUT2D eigenvalue weighted by Gasteiger charge is -2.05. The lowest BCUT2D eigenvalue weighted by Crippen LogP contribution is -2.04. The van der Waals surface area contributed by atoms with Crippen LogP contribution in [0.15, 0.2) is 36.6 Å². The average Bonchev–Trinajstić information content (AvgIpc) is 2.79. The molecular formula is C14H16ClN3O2. The number of hydrogen-bond acceptors (Lipinski definition) is 4. The van der Waals surface area contributed by atoms with Crippen molar-refractivity contribution in [1.82, 2.24) is 14.8 Å². The Balaban J connectivity index is 2.14. The summed E-state index contributed by atoms with van der Waals surface area (Å²) in [5, 5.41) is 4.81. The molecular weight excluding hydrogens is 278 g/mol. The number of benzene rings is 1. The standard InChI is InChI=1S/C14H16ClN3O2/c1-4-19-10(2)9-20-14-16-13(18(3)17-14)11-7-5-6-8-12(11)15/h5-8H,2,4,9H2,1,3H3. The maximum absolute atomic E-state index is 6.15. The molecule has 0 atom stereocenters. The van der Waals surface area contributed by atoms with Gasteiger partial charge in [-0.05, 0) is 19.1 Å². The summed E-state index contributed by atoms with van der Waals surface area (Å²) in [5.74, 6) is 1.19. The van der Waals surface area contributed by atoms with Crippen LogP contribution in [0, 0.1) is 0 Å². The van der Waals surface area contributed by atoms with Crippen LogP contribution in [0.2, 0.25) is 5.02 Å². The molecule has 2 aromatic rings. The van der Waals surface area contributed by atoms with E-state index in [1.54, 1.807) is 11.7 Å². The van der Waals surface area contributed by atoms with Crippen molar-refractivity contribution in [3.8, 4) is 17.4 Å². The van der Waals surface area contributed by atoms with Crippen LogP contribution in [0.5, 0.6) is 6.01 Å². The normalized spacial score (nSPS) is 10.3. The predicted molar refractivity (Wildman–Crippen MR) is 77.7 cm³/mol. The van der Waals surface area contributed by atoms with Gasteiger partial charge in [0.2, 0.25) is 0 Å². The van der Waals surface area contributed by atoms with Gasteiger partial charge in [-0.3, -0.25) is 0 Å². The maximum Gasteiger partial charge on any atom is 0.336 e. The van der Waals surface area contributed by atoms with E-state index in [1.807, 2.05) is 31.2 Å². The second-order valence-electron chi connectivity index (χ2n) is 4.08. The molecule has 0 unspecified atom stereocenters. The van der Waals surface area contributed by atoms with Crippen molar-refractivity contribution >= 4 is 11.6 Å². The van der Waals surface area contributed by atoms with Gasteiger partial charge in [-0.25, -0.2) is 4.68 Å². The highest BCUT2D eigenvalue weighted by molar-refractivity contribution is 6.33. The molecule has 2 rings (SSSR count). The van der Waals surface area contributed by atoms with Gasteiger partial charge in [-0.1, -0.05) is 30.3 Å².